The number of fused-ring (bicyclic) bond motifs is 4. The second-order valence-corrected chi connectivity index (χ2v) is 8.47. The molecule has 0 saturated carbocycles. The fraction of sp³-hybridized carbons (Fsp3) is 0.263. The predicted molar refractivity (Wildman–Crippen MR) is 107 cm³/mol. The molecule has 3 heterocycles. The molecule has 2 atom stereocenters. The lowest BCUT2D eigenvalue weighted by Gasteiger charge is -2.44. The number of amides is 1. The maximum Gasteiger partial charge on any atom is 0.289 e. The molecule has 2 aromatic carbocycles. The molecule has 0 aliphatic carbocycles. The minimum absolute atomic E-state index is 0.00218. The lowest BCUT2D eigenvalue weighted by molar-refractivity contribution is -0.111. The van der Waals surface area contributed by atoms with Gasteiger partial charge in [0.25, 0.3) is 11.1 Å². The summed E-state index contributed by atoms with van der Waals surface area (Å²) in [5.41, 5.74) is 3.06. The molecule has 27 heavy (non-hydrogen) atoms. The zero-order chi connectivity index (χ0) is 18.6. The summed E-state index contributed by atoms with van der Waals surface area (Å²) >= 11 is 4.77. The van der Waals surface area contributed by atoms with Crippen molar-refractivity contribution < 1.29 is 14.3 Å². The second-order valence-electron chi connectivity index (χ2n) is 6.61. The van der Waals surface area contributed by atoms with Gasteiger partial charge < -0.3 is 9.47 Å². The van der Waals surface area contributed by atoms with Crippen LogP contribution in [0.1, 0.15) is 23.6 Å². The second kappa shape index (κ2) is 6.17. The number of methoxy groups -OCH3 is 1. The minimum Gasteiger partial charge on any atom is -0.497 e. The Labute approximate surface area is 169 Å². The third-order valence-electron chi connectivity index (χ3n) is 5.01. The third-order valence-corrected chi connectivity index (χ3v) is 6.40. The van der Waals surface area contributed by atoms with Crippen LogP contribution >= 0.6 is 27.7 Å². The summed E-state index contributed by atoms with van der Waals surface area (Å²) in [6.07, 6.45) is 0.738. The van der Waals surface area contributed by atoms with E-state index in [4.69, 9.17) is 14.6 Å². The molecule has 3 aliphatic heterocycles. The number of benzene rings is 2. The van der Waals surface area contributed by atoms with E-state index in [0.29, 0.717) is 5.75 Å². The smallest absolute Gasteiger partial charge is 0.289 e. The quantitative estimate of drug-likeness (QED) is 0.753. The van der Waals surface area contributed by atoms with Gasteiger partial charge in [-0.2, -0.15) is 5.10 Å². The molecule has 0 radical (unpaired) electrons. The molecular formula is C19H16BrN3O3S. The standard InChI is InChI=1S/C19H16BrN3O3S/c1-25-13-5-2-11(3-6-13)15-9-16-14-8-12(20)4-7-17(14)26-19(23(16)22-15)10-27-18(24)21-19/h2-8,16H,9-10H2,1H3,(H,21,24)/t16-,19+/m1/s1. The van der Waals surface area contributed by atoms with Crippen LogP contribution < -0.4 is 14.8 Å². The SMILES string of the molecule is COc1ccc(C2=NN3[C@H](C2)c2cc(Br)ccc2O[C@]32CSC(=O)N2)cc1. The Morgan fingerprint density at radius 1 is 1.33 bits per heavy atom. The van der Waals surface area contributed by atoms with Crippen LogP contribution in [0.5, 0.6) is 11.5 Å². The van der Waals surface area contributed by atoms with Gasteiger partial charge in [0, 0.05) is 16.5 Å². The van der Waals surface area contributed by atoms with Gasteiger partial charge in [-0.15, -0.1) is 0 Å². The van der Waals surface area contributed by atoms with Crippen LogP contribution in [0.15, 0.2) is 52.0 Å². The Balaban J connectivity index is 1.58. The Hall–Kier alpha value is -2.19. The van der Waals surface area contributed by atoms with E-state index in [9.17, 15) is 4.79 Å². The van der Waals surface area contributed by atoms with Crippen molar-refractivity contribution in [3.63, 3.8) is 0 Å². The number of rotatable bonds is 2. The van der Waals surface area contributed by atoms with E-state index in [1.807, 2.05) is 41.4 Å². The van der Waals surface area contributed by atoms with Crippen LogP contribution in [-0.2, 0) is 0 Å². The number of nitrogens with zero attached hydrogens (tertiary/aromatic N) is 2. The van der Waals surface area contributed by atoms with Crippen molar-refractivity contribution in [2.75, 3.05) is 12.9 Å². The molecule has 1 amide bonds. The first-order chi connectivity index (χ1) is 13.1. The van der Waals surface area contributed by atoms with Crippen LogP contribution in [0, 0.1) is 0 Å². The zero-order valence-corrected chi connectivity index (χ0v) is 16.8. The number of halogens is 1. The van der Waals surface area contributed by atoms with Gasteiger partial charge >= 0.3 is 0 Å². The highest BCUT2D eigenvalue weighted by molar-refractivity contribution is 9.10. The highest BCUT2D eigenvalue weighted by Gasteiger charge is 2.55. The number of carbonyl (C=O) groups is 1. The Kier molecular flexibility index (Phi) is 3.87. The van der Waals surface area contributed by atoms with Crippen molar-refractivity contribution >= 4 is 38.6 Å². The summed E-state index contributed by atoms with van der Waals surface area (Å²) in [4.78, 5) is 12.0. The van der Waals surface area contributed by atoms with E-state index in [0.717, 1.165) is 39.2 Å². The van der Waals surface area contributed by atoms with Crippen LogP contribution in [0.3, 0.4) is 0 Å². The Bertz CT molecular complexity index is 965. The maximum atomic E-state index is 12.0. The van der Waals surface area contributed by atoms with Gasteiger partial charge in [0.1, 0.15) is 11.5 Å². The zero-order valence-electron chi connectivity index (χ0n) is 14.4. The van der Waals surface area contributed by atoms with Crippen molar-refractivity contribution in [2.45, 2.75) is 18.3 Å². The number of hydrogen-bond acceptors (Lipinski definition) is 6. The summed E-state index contributed by atoms with van der Waals surface area (Å²) in [6.45, 7) is 0. The number of hydrogen-bond donors (Lipinski definition) is 1. The van der Waals surface area contributed by atoms with Gasteiger partial charge in [0.2, 0.25) is 0 Å². The van der Waals surface area contributed by atoms with E-state index in [1.165, 1.54) is 11.8 Å². The highest BCUT2D eigenvalue weighted by atomic mass is 79.9. The van der Waals surface area contributed by atoms with Gasteiger partial charge in [-0.05, 0) is 48.0 Å². The lowest BCUT2D eigenvalue weighted by Crippen LogP contribution is -2.62. The normalized spacial score (nSPS) is 25.6. The number of thioether (sulfide) groups is 1. The molecule has 1 N–H and O–H groups in total. The average molecular weight is 446 g/mol. The number of hydrazone groups is 1. The molecule has 5 rings (SSSR count). The molecule has 0 bridgehead atoms. The average Bonchev–Trinajstić information content (AvgIpc) is 3.28. The van der Waals surface area contributed by atoms with Crippen molar-refractivity contribution in [1.29, 1.82) is 0 Å². The molecule has 2 aromatic rings. The third kappa shape index (κ3) is 2.70. The summed E-state index contributed by atoms with van der Waals surface area (Å²) in [6, 6.07) is 13.8. The topological polar surface area (TPSA) is 63.2 Å². The lowest BCUT2D eigenvalue weighted by atomic mass is 9.96. The summed E-state index contributed by atoms with van der Waals surface area (Å²) in [5, 5.41) is 9.67. The molecule has 6 nitrogen and oxygen atoms in total. The van der Waals surface area contributed by atoms with E-state index >= 15 is 0 Å². The molecule has 138 valence electrons. The minimum atomic E-state index is -0.943. The Morgan fingerprint density at radius 2 is 2.15 bits per heavy atom. The summed E-state index contributed by atoms with van der Waals surface area (Å²) in [7, 11) is 1.65. The van der Waals surface area contributed by atoms with Crippen LogP contribution in [0.25, 0.3) is 0 Å². The van der Waals surface area contributed by atoms with Crippen LogP contribution in [0.4, 0.5) is 4.79 Å². The molecule has 0 unspecified atom stereocenters. The van der Waals surface area contributed by atoms with E-state index in [1.54, 1.807) is 7.11 Å². The fourth-order valence-electron chi connectivity index (χ4n) is 3.72. The first-order valence-corrected chi connectivity index (χ1v) is 10.3. The van der Waals surface area contributed by atoms with Gasteiger partial charge in [0.15, 0.2) is 0 Å². The number of nitrogens with one attached hydrogen (secondary N) is 1. The van der Waals surface area contributed by atoms with Gasteiger partial charge in [-0.25, -0.2) is 5.01 Å². The monoisotopic (exact) mass is 445 g/mol. The van der Waals surface area contributed by atoms with Gasteiger partial charge in [-0.1, -0.05) is 27.7 Å². The van der Waals surface area contributed by atoms with Crippen molar-refractivity contribution in [3.8, 4) is 11.5 Å². The van der Waals surface area contributed by atoms with Crippen molar-refractivity contribution in [3.05, 3.63) is 58.1 Å². The highest BCUT2D eigenvalue weighted by Crippen LogP contribution is 2.49. The maximum absolute atomic E-state index is 12.0. The summed E-state index contributed by atoms with van der Waals surface area (Å²) in [5.74, 6) is 1.13. The molecule has 0 aromatic heterocycles. The van der Waals surface area contributed by atoms with Crippen molar-refractivity contribution in [1.82, 2.24) is 10.3 Å². The molecule has 1 spiro atoms. The molecule has 3 aliphatic rings. The van der Waals surface area contributed by atoms with Gasteiger partial charge in [-0.3, -0.25) is 10.1 Å². The Morgan fingerprint density at radius 3 is 2.85 bits per heavy atom. The van der Waals surface area contributed by atoms with Gasteiger partial charge in [0.05, 0.1) is 24.6 Å². The van der Waals surface area contributed by atoms with Crippen LogP contribution in [-0.4, -0.2) is 34.7 Å². The number of carbonyl (C=O) groups excluding carboxylic acids is 1. The first-order valence-electron chi connectivity index (χ1n) is 8.53. The molecule has 8 heteroatoms. The fourth-order valence-corrected chi connectivity index (χ4v) is 4.92. The van der Waals surface area contributed by atoms with Crippen molar-refractivity contribution in [2.24, 2.45) is 5.10 Å². The predicted octanol–water partition coefficient (Wildman–Crippen LogP) is 4.11. The van der Waals surface area contributed by atoms with E-state index in [-0.39, 0.29) is 11.3 Å². The first kappa shape index (κ1) is 16.9. The molecular weight excluding hydrogens is 430 g/mol. The molecule has 1 saturated heterocycles. The summed E-state index contributed by atoms with van der Waals surface area (Å²) < 4.78 is 12.5. The molecule has 1 fully saturated rings. The largest absolute Gasteiger partial charge is 0.497 e. The van der Waals surface area contributed by atoms with E-state index in [2.05, 4.69) is 27.3 Å². The number of ether oxygens (including phenoxy) is 2. The van der Waals surface area contributed by atoms with E-state index < -0.39 is 5.85 Å². The van der Waals surface area contributed by atoms with Crippen LogP contribution in [0.2, 0.25) is 0 Å².